The van der Waals surface area contributed by atoms with Gasteiger partial charge in [0.05, 0.1) is 25.0 Å². The molecule has 7 heteroatoms. The monoisotopic (exact) mass is 357 g/mol. The summed E-state index contributed by atoms with van der Waals surface area (Å²) in [5.74, 6) is 0. The van der Waals surface area contributed by atoms with Crippen molar-refractivity contribution >= 4 is 33.0 Å². The summed E-state index contributed by atoms with van der Waals surface area (Å²) in [6.45, 7) is 2.15. The third-order valence-electron chi connectivity index (χ3n) is 2.82. The lowest BCUT2D eigenvalue weighted by Gasteiger charge is -2.16. The van der Waals surface area contributed by atoms with Crippen molar-refractivity contribution in [1.82, 2.24) is 9.78 Å². The molecule has 2 aromatic rings. The van der Waals surface area contributed by atoms with Gasteiger partial charge in [-0.05, 0) is 51.7 Å². The fourth-order valence-corrected chi connectivity index (χ4v) is 3.00. The Labute approximate surface area is 129 Å². The Morgan fingerprint density at radius 1 is 1.60 bits per heavy atom. The van der Waals surface area contributed by atoms with Crippen LogP contribution >= 0.6 is 27.3 Å². The Hall–Kier alpha value is -1.18. The van der Waals surface area contributed by atoms with Gasteiger partial charge in [0.1, 0.15) is 4.47 Å². The van der Waals surface area contributed by atoms with E-state index in [0.717, 1.165) is 6.42 Å². The normalized spacial score (nSPS) is 12.3. The Morgan fingerprint density at radius 3 is 3.05 bits per heavy atom. The molecule has 1 atom stereocenters. The summed E-state index contributed by atoms with van der Waals surface area (Å²) in [7, 11) is 0. The van der Waals surface area contributed by atoms with Gasteiger partial charge in [0, 0.05) is 6.04 Å². The first kappa shape index (κ1) is 15.2. The molecule has 2 heterocycles. The van der Waals surface area contributed by atoms with Crippen molar-refractivity contribution in [2.45, 2.75) is 25.9 Å². The lowest BCUT2D eigenvalue weighted by atomic mass is 10.1. The zero-order valence-corrected chi connectivity index (χ0v) is 13.4. The predicted molar refractivity (Wildman–Crippen MR) is 84.4 cm³/mol. The highest BCUT2D eigenvalue weighted by atomic mass is 79.9. The number of nitrogens with one attached hydrogen (secondary N) is 1. The summed E-state index contributed by atoms with van der Waals surface area (Å²) >= 11 is 4.97. The van der Waals surface area contributed by atoms with Crippen LogP contribution in [0.15, 0.2) is 32.3 Å². The first-order valence-corrected chi connectivity index (χ1v) is 7.99. The van der Waals surface area contributed by atoms with E-state index in [1.54, 1.807) is 17.5 Å². The van der Waals surface area contributed by atoms with Crippen LogP contribution in [0.3, 0.4) is 0 Å². The number of hydrogen-bond donors (Lipinski definition) is 2. The number of aliphatic hydroxyl groups is 1. The Morgan fingerprint density at radius 2 is 2.40 bits per heavy atom. The van der Waals surface area contributed by atoms with Crippen LogP contribution in [-0.4, -0.2) is 27.5 Å². The predicted octanol–water partition coefficient (Wildman–Crippen LogP) is 2.10. The zero-order chi connectivity index (χ0) is 14.5. The molecule has 2 aromatic heterocycles. The van der Waals surface area contributed by atoms with Crippen LogP contribution < -0.4 is 10.9 Å². The number of anilines is 1. The van der Waals surface area contributed by atoms with Crippen LogP contribution in [0.1, 0.15) is 12.5 Å². The summed E-state index contributed by atoms with van der Waals surface area (Å²) in [5, 5.41) is 20.3. The number of nitrogens with zero attached hydrogens (tertiary/aromatic N) is 2. The molecule has 2 N–H and O–H groups in total. The van der Waals surface area contributed by atoms with Gasteiger partial charge in [0.15, 0.2) is 0 Å². The van der Waals surface area contributed by atoms with Crippen LogP contribution in [0.4, 0.5) is 5.69 Å². The number of thiophene rings is 1. The molecule has 0 saturated carbocycles. The minimum atomic E-state index is -0.244. The molecule has 0 saturated heterocycles. The summed E-state index contributed by atoms with van der Waals surface area (Å²) in [6.07, 6.45) is 2.49. The maximum absolute atomic E-state index is 12.0. The molecular weight excluding hydrogens is 342 g/mol. The fraction of sp³-hybridized carbons (Fsp3) is 0.385. The van der Waals surface area contributed by atoms with E-state index < -0.39 is 0 Å². The van der Waals surface area contributed by atoms with Crippen molar-refractivity contribution in [3.63, 3.8) is 0 Å². The number of aliphatic hydroxyl groups excluding tert-OH is 1. The molecule has 0 bridgehead atoms. The van der Waals surface area contributed by atoms with E-state index in [9.17, 15) is 4.79 Å². The van der Waals surface area contributed by atoms with E-state index in [0.29, 0.717) is 10.2 Å². The number of hydrogen-bond acceptors (Lipinski definition) is 5. The second kappa shape index (κ2) is 7.01. The first-order valence-electron chi connectivity index (χ1n) is 6.26. The van der Waals surface area contributed by atoms with Crippen LogP contribution in [0.5, 0.6) is 0 Å². The average molecular weight is 358 g/mol. The van der Waals surface area contributed by atoms with E-state index in [1.807, 2.05) is 0 Å². The van der Waals surface area contributed by atoms with Gasteiger partial charge in [-0.3, -0.25) is 4.79 Å². The largest absolute Gasteiger partial charge is 0.394 e. The van der Waals surface area contributed by atoms with E-state index in [1.165, 1.54) is 10.2 Å². The van der Waals surface area contributed by atoms with Crippen LogP contribution in [0, 0.1) is 0 Å². The van der Waals surface area contributed by atoms with Crippen molar-refractivity contribution in [3.05, 3.63) is 43.4 Å². The van der Waals surface area contributed by atoms with Gasteiger partial charge in [-0.15, -0.1) is 0 Å². The molecule has 1 unspecified atom stereocenters. The molecule has 0 aromatic carbocycles. The number of rotatable bonds is 6. The van der Waals surface area contributed by atoms with Crippen molar-refractivity contribution in [1.29, 1.82) is 0 Å². The lowest BCUT2D eigenvalue weighted by Crippen LogP contribution is -2.27. The smallest absolute Gasteiger partial charge is 0.283 e. The Balaban J connectivity index is 2.09. The fourth-order valence-electron chi connectivity index (χ4n) is 1.90. The minimum Gasteiger partial charge on any atom is -0.394 e. The lowest BCUT2D eigenvalue weighted by molar-refractivity contribution is 0.266. The highest BCUT2D eigenvalue weighted by molar-refractivity contribution is 9.10. The number of aromatic nitrogens is 2. The van der Waals surface area contributed by atoms with Gasteiger partial charge < -0.3 is 10.4 Å². The summed E-state index contributed by atoms with van der Waals surface area (Å²) in [6, 6.07) is 2.28. The van der Waals surface area contributed by atoms with Gasteiger partial charge in [0.25, 0.3) is 5.56 Å². The van der Waals surface area contributed by atoms with Gasteiger partial charge in [-0.25, -0.2) is 4.68 Å². The maximum Gasteiger partial charge on any atom is 0.283 e. The van der Waals surface area contributed by atoms with E-state index in [4.69, 9.17) is 5.11 Å². The average Bonchev–Trinajstić information content (AvgIpc) is 2.91. The van der Waals surface area contributed by atoms with Crippen LogP contribution in [0.2, 0.25) is 0 Å². The molecule has 0 amide bonds. The molecule has 0 spiro atoms. The minimum absolute atomic E-state index is 0.110. The quantitative estimate of drug-likeness (QED) is 0.830. The highest BCUT2D eigenvalue weighted by Gasteiger charge is 2.11. The second-order valence-electron chi connectivity index (χ2n) is 4.51. The highest BCUT2D eigenvalue weighted by Crippen LogP contribution is 2.18. The second-order valence-corrected chi connectivity index (χ2v) is 6.08. The van der Waals surface area contributed by atoms with Gasteiger partial charge >= 0.3 is 0 Å². The topological polar surface area (TPSA) is 67.2 Å². The summed E-state index contributed by atoms with van der Waals surface area (Å²) < 4.78 is 1.68. The van der Waals surface area contributed by atoms with Gasteiger partial charge in [-0.2, -0.15) is 16.4 Å². The molecular formula is C13H16BrN3O2S. The maximum atomic E-state index is 12.0. The summed E-state index contributed by atoms with van der Waals surface area (Å²) in [5.41, 5.74) is 1.70. The van der Waals surface area contributed by atoms with Crippen molar-refractivity contribution in [2.24, 2.45) is 0 Å². The van der Waals surface area contributed by atoms with Crippen molar-refractivity contribution < 1.29 is 5.11 Å². The van der Waals surface area contributed by atoms with E-state index in [2.05, 4.69) is 50.1 Å². The molecule has 5 nitrogen and oxygen atoms in total. The van der Waals surface area contributed by atoms with Crippen LogP contribution in [0.25, 0.3) is 0 Å². The molecule has 0 aliphatic rings. The molecule has 0 fully saturated rings. The van der Waals surface area contributed by atoms with E-state index in [-0.39, 0.29) is 24.8 Å². The van der Waals surface area contributed by atoms with Gasteiger partial charge in [0.2, 0.25) is 0 Å². The molecule has 20 heavy (non-hydrogen) atoms. The Kier molecular flexibility index (Phi) is 5.33. The van der Waals surface area contributed by atoms with Gasteiger partial charge in [-0.1, -0.05) is 0 Å². The first-order chi connectivity index (χ1) is 9.61. The molecule has 0 aliphatic heterocycles. The molecule has 108 valence electrons. The van der Waals surface area contributed by atoms with Crippen molar-refractivity contribution in [3.8, 4) is 0 Å². The standard InChI is InChI=1S/C13H16BrN3O2S/c1-9(6-10-2-5-20-8-10)16-11-7-15-17(3-4-18)13(19)12(11)14/h2,5,7-9,16,18H,3-4,6H2,1H3. The Bertz CT molecular complexity index is 613. The molecule has 0 radical (unpaired) electrons. The van der Waals surface area contributed by atoms with Crippen molar-refractivity contribution in [2.75, 3.05) is 11.9 Å². The van der Waals surface area contributed by atoms with E-state index >= 15 is 0 Å². The SMILES string of the molecule is CC(Cc1ccsc1)Nc1cnn(CCO)c(=O)c1Br. The summed E-state index contributed by atoms with van der Waals surface area (Å²) in [4.78, 5) is 12.0. The molecule has 2 rings (SSSR count). The number of halogens is 1. The zero-order valence-electron chi connectivity index (χ0n) is 11.0. The van der Waals surface area contributed by atoms with Crippen LogP contribution in [-0.2, 0) is 13.0 Å². The molecule has 0 aliphatic carbocycles. The third-order valence-corrected chi connectivity index (χ3v) is 4.32. The third kappa shape index (κ3) is 3.68.